The molecule has 12 nitrogen and oxygen atoms in total. The molecule has 46 heavy (non-hydrogen) atoms. The Morgan fingerprint density at radius 3 is 2.35 bits per heavy atom. The lowest BCUT2D eigenvalue weighted by molar-refractivity contribution is -0.122. The third-order valence-electron chi connectivity index (χ3n) is 9.05. The lowest BCUT2D eigenvalue weighted by Gasteiger charge is -2.37. The first-order valence-corrected chi connectivity index (χ1v) is 16.8. The molecule has 2 aliphatic rings. The van der Waals surface area contributed by atoms with Gasteiger partial charge in [-0.25, -0.2) is 9.48 Å². The van der Waals surface area contributed by atoms with Crippen molar-refractivity contribution in [2.24, 2.45) is 5.92 Å². The van der Waals surface area contributed by atoms with Crippen LogP contribution in [0.1, 0.15) is 98.0 Å². The summed E-state index contributed by atoms with van der Waals surface area (Å²) < 4.78 is 19.4. The summed E-state index contributed by atoms with van der Waals surface area (Å²) in [6.07, 6.45) is 4.93. The van der Waals surface area contributed by atoms with Crippen LogP contribution in [-0.4, -0.2) is 80.7 Å². The zero-order valence-corrected chi connectivity index (χ0v) is 29.2. The van der Waals surface area contributed by atoms with Gasteiger partial charge < -0.3 is 24.7 Å². The van der Waals surface area contributed by atoms with E-state index < -0.39 is 5.60 Å². The number of carbonyl (C=O) groups is 2. The first kappa shape index (κ1) is 36.1. The van der Waals surface area contributed by atoms with Crippen LogP contribution in [0.4, 0.5) is 4.79 Å². The Labute approximate surface area is 278 Å². The number of alkyl carbamates (subject to hydrolysis) is 1. The number of halogens is 1. The molecule has 2 aromatic rings. The van der Waals surface area contributed by atoms with Gasteiger partial charge in [0.05, 0.1) is 17.2 Å². The van der Waals surface area contributed by atoms with Crippen molar-refractivity contribution >= 4 is 30.7 Å². The van der Waals surface area contributed by atoms with E-state index in [1.54, 1.807) is 16.8 Å². The van der Waals surface area contributed by atoms with E-state index in [-0.39, 0.29) is 42.9 Å². The molecule has 0 spiro atoms. The van der Waals surface area contributed by atoms with Gasteiger partial charge in [-0.2, -0.15) is 0 Å². The van der Waals surface area contributed by atoms with E-state index in [0.29, 0.717) is 29.9 Å². The van der Waals surface area contributed by atoms with Crippen LogP contribution in [0.3, 0.4) is 0 Å². The second-order valence-corrected chi connectivity index (χ2v) is 14.9. The second-order valence-electron chi connectivity index (χ2n) is 14.4. The molecule has 254 valence electrons. The summed E-state index contributed by atoms with van der Waals surface area (Å²) in [5, 5.41) is 19.1. The molecule has 4 rings (SSSR count). The topological polar surface area (TPSA) is 133 Å². The first-order valence-electron chi connectivity index (χ1n) is 16.5. The fourth-order valence-electron chi connectivity index (χ4n) is 5.77. The van der Waals surface area contributed by atoms with Crippen LogP contribution in [0.5, 0.6) is 0 Å². The Balaban J connectivity index is 1.36. The maximum absolute atomic E-state index is 12.9. The molecule has 0 bridgehead atoms. The summed E-state index contributed by atoms with van der Waals surface area (Å²) in [6, 6.07) is 7.32. The molecule has 0 aliphatic carbocycles. The summed E-state index contributed by atoms with van der Waals surface area (Å²) in [5.74, 6) is 0.861. The molecule has 2 amide bonds. The summed E-state index contributed by atoms with van der Waals surface area (Å²) in [5.41, 5.74) is -0.267. The number of likely N-dealkylation sites (tertiary alicyclic amines) is 1. The highest BCUT2D eigenvalue weighted by molar-refractivity contribution is 6.45. The highest BCUT2D eigenvalue weighted by Gasteiger charge is 2.50. The van der Waals surface area contributed by atoms with Crippen molar-refractivity contribution in [3.63, 3.8) is 0 Å². The number of hydrogen-bond donors (Lipinski definition) is 2. The maximum atomic E-state index is 12.9. The van der Waals surface area contributed by atoms with Gasteiger partial charge in [0.25, 0.3) is 0 Å². The molecule has 1 unspecified atom stereocenters. The summed E-state index contributed by atoms with van der Waals surface area (Å²) in [7, 11) is -0.230. The van der Waals surface area contributed by atoms with Crippen LogP contribution in [0.25, 0.3) is 0 Å². The number of aromatic nitrogens is 4. The fraction of sp³-hybridized carbons (Fsp3) is 0.719. The second kappa shape index (κ2) is 15.4. The van der Waals surface area contributed by atoms with E-state index in [9.17, 15) is 9.59 Å². The molecule has 1 aromatic carbocycles. The van der Waals surface area contributed by atoms with Gasteiger partial charge >= 0.3 is 13.2 Å². The number of amides is 2. The Kier molecular flexibility index (Phi) is 12.1. The van der Waals surface area contributed by atoms with Crippen LogP contribution in [0.15, 0.2) is 24.3 Å². The number of ether oxygens (including phenoxy) is 1. The Morgan fingerprint density at radius 2 is 1.72 bits per heavy atom. The molecule has 0 saturated carbocycles. The minimum atomic E-state index is -0.528. The predicted molar refractivity (Wildman–Crippen MR) is 177 cm³/mol. The first-order chi connectivity index (χ1) is 21.6. The zero-order chi connectivity index (χ0) is 33.5. The van der Waals surface area contributed by atoms with E-state index in [2.05, 4.69) is 58.8 Å². The zero-order valence-electron chi connectivity index (χ0n) is 28.5. The van der Waals surface area contributed by atoms with Crippen LogP contribution in [0, 0.1) is 5.92 Å². The number of unbranched alkanes of at least 4 members (excludes halogenated alkanes) is 1. The molecule has 2 aliphatic heterocycles. The minimum absolute atomic E-state index is 0.0244. The van der Waals surface area contributed by atoms with Gasteiger partial charge in [-0.3, -0.25) is 9.69 Å². The number of nitrogens with one attached hydrogen (secondary N) is 2. The van der Waals surface area contributed by atoms with Crippen LogP contribution < -0.4 is 10.6 Å². The SMILES string of the molecule is CC(C)(C)OC(=O)NCC1CCN(C(CCCCB2OC(C)(C)C(C)(C)O2)c2nnnn2CC(=O)NCc2ccc(Cl)cc2)CC1. The van der Waals surface area contributed by atoms with Crippen molar-refractivity contribution in [3.8, 4) is 0 Å². The normalized spacial score (nSPS) is 19.2. The molecule has 1 aromatic heterocycles. The largest absolute Gasteiger partial charge is 0.457 e. The molecule has 2 fully saturated rings. The lowest BCUT2D eigenvalue weighted by Crippen LogP contribution is -2.42. The molecular formula is C32H51BClN7O5. The van der Waals surface area contributed by atoms with E-state index in [1.807, 2.05) is 32.9 Å². The van der Waals surface area contributed by atoms with E-state index >= 15 is 0 Å². The van der Waals surface area contributed by atoms with Gasteiger partial charge in [-0.05, 0) is 121 Å². The summed E-state index contributed by atoms with van der Waals surface area (Å²) in [4.78, 5) is 27.5. The van der Waals surface area contributed by atoms with Gasteiger partial charge in [-0.15, -0.1) is 5.10 Å². The standard InChI is InChI=1S/C32H51BClN7O5/c1-30(2,3)44-29(43)36-21-24-15-18-40(19-16-24)26(10-8-9-17-33-45-31(4,5)32(6,7)46-33)28-37-38-39-41(28)22-27(42)35-20-23-11-13-25(34)14-12-23/h11-14,24,26H,8-10,15-22H2,1-7H3,(H,35,42)(H,36,43). The number of carbonyl (C=O) groups excluding carboxylic acids is 2. The molecule has 3 heterocycles. The number of benzene rings is 1. The smallest absolute Gasteiger partial charge is 0.444 e. The average molecular weight is 660 g/mol. The quantitative estimate of drug-likeness (QED) is 0.220. The van der Waals surface area contributed by atoms with Crippen LogP contribution in [-0.2, 0) is 31.9 Å². The van der Waals surface area contributed by atoms with Crippen molar-refractivity contribution in [3.05, 3.63) is 40.7 Å². The van der Waals surface area contributed by atoms with E-state index in [1.165, 1.54) is 0 Å². The molecule has 1 atom stereocenters. The average Bonchev–Trinajstić information content (AvgIpc) is 3.50. The van der Waals surface area contributed by atoms with Crippen molar-refractivity contribution in [1.82, 2.24) is 35.7 Å². The number of piperidine rings is 1. The van der Waals surface area contributed by atoms with E-state index in [0.717, 1.165) is 57.1 Å². The Bertz CT molecular complexity index is 1280. The third-order valence-corrected chi connectivity index (χ3v) is 9.30. The Morgan fingerprint density at radius 1 is 1.07 bits per heavy atom. The van der Waals surface area contributed by atoms with Crippen molar-refractivity contribution in [2.45, 2.75) is 123 Å². The predicted octanol–water partition coefficient (Wildman–Crippen LogP) is 5.18. The van der Waals surface area contributed by atoms with Crippen molar-refractivity contribution < 1.29 is 23.6 Å². The number of tetrazole rings is 1. The minimum Gasteiger partial charge on any atom is -0.444 e. The maximum Gasteiger partial charge on any atom is 0.457 e. The van der Waals surface area contributed by atoms with Gasteiger partial charge in [0.1, 0.15) is 12.1 Å². The van der Waals surface area contributed by atoms with E-state index in [4.69, 9.17) is 25.6 Å². The van der Waals surface area contributed by atoms with Crippen molar-refractivity contribution in [1.29, 1.82) is 0 Å². The van der Waals surface area contributed by atoms with Crippen LogP contribution >= 0.6 is 11.6 Å². The summed E-state index contributed by atoms with van der Waals surface area (Å²) in [6.45, 7) is 16.5. The summed E-state index contributed by atoms with van der Waals surface area (Å²) >= 11 is 5.99. The number of nitrogens with zero attached hydrogens (tertiary/aromatic N) is 5. The molecular weight excluding hydrogens is 609 g/mol. The molecule has 2 N–H and O–H groups in total. The van der Waals surface area contributed by atoms with Gasteiger partial charge in [0.2, 0.25) is 5.91 Å². The monoisotopic (exact) mass is 659 g/mol. The van der Waals surface area contributed by atoms with Crippen LogP contribution in [0.2, 0.25) is 11.3 Å². The van der Waals surface area contributed by atoms with Gasteiger partial charge in [0.15, 0.2) is 5.82 Å². The molecule has 0 radical (unpaired) electrons. The fourth-order valence-corrected chi connectivity index (χ4v) is 5.90. The highest BCUT2D eigenvalue weighted by atomic mass is 35.5. The Hall–Kier alpha value is -2.74. The number of hydrogen-bond acceptors (Lipinski definition) is 9. The molecule has 14 heteroatoms. The lowest BCUT2D eigenvalue weighted by atomic mass is 9.82. The van der Waals surface area contributed by atoms with Gasteiger partial charge in [0, 0.05) is 18.1 Å². The molecule has 2 saturated heterocycles. The number of rotatable bonds is 13. The highest BCUT2D eigenvalue weighted by Crippen LogP contribution is 2.38. The van der Waals surface area contributed by atoms with Gasteiger partial charge in [-0.1, -0.05) is 36.6 Å². The third kappa shape index (κ3) is 10.4. The van der Waals surface area contributed by atoms with Crippen molar-refractivity contribution in [2.75, 3.05) is 19.6 Å².